The molecule has 1 aliphatic heterocycles. The van der Waals surface area contributed by atoms with Crippen LogP contribution in [0.15, 0.2) is 29.4 Å². The number of aromatic nitrogens is 2. The van der Waals surface area contributed by atoms with Crippen molar-refractivity contribution in [3.05, 3.63) is 30.2 Å². The van der Waals surface area contributed by atoms with Gasteiger partial charge in [-0.1, -0.05) is 6.08 Å². The fourth-order valence-electron chi connectivity index (χ4n) is 4.66. The van der Waals surface area contributed by atoms with Gasteiger partial charge in [-0.2, -0.15) is 0 Å². The topological polar surface area (TPSA) is 90.3 Å². The molecule has 2 aromatic heterocycles. The third kappa shape index (κ3) is 4.21. The molecule has 2 fully saturated rings. The van der Waals surface area contributed by atoms with E-state index >= 15 is 0 Å². The summed E-state index contributed by atoms with van der Waals surface area (Å²) in [5, 5.41) is 0. The van der Waals surface area contributed by atoms with Crippen molar-refractivity contribution in [3.8, 4) is 0 Å². The Kier molecular flexibility index (Phi) is 5.40. The van der Waals surface area contributed by atoms with E-state index < -0.39 is 10.0 Å². The second-order valence-electron chi connectivity index (χ2n) is 9.84. The van der Waals surface area contributed by atoms with Crippen LogP contribution in [-0.4, -0.2) is 79.4 Å². The Labute approximate surface area is 195 Å². The van der Waals surface area contributed by atoms with Gasteiger partial charge >= 0.3 is 6.03 Å². The van der Waals surface area contributed by atoms with E-state index in [-0.39, 0.29) is 16.5 Å². The first-order valence-electron chi connectivity index (χ1n) is 11.6. The number of rotatable bonds is 5. The molecule has 3 heterocycles. The summed E-state index contributed by atoms with van der Waals surface area (Å²) in [6.07, 6.45) is 10.6. The highest BCUT2D eigenvalue weighted by atomic mass is 32.2. The quantitative estimate of drug-likeness (QED) is 0.722. The lowest BCUT2D eigenvalue weighted by molar-refractivity contribution is 0.168. The molecule has 2 aliphatic carbocycles. The van der Waals surface area contributed by atoms with E-state index in [0.29, 0.717) is 26.2 Å². The van der Waals surface area contributed by atoms with E-state index in [1.165, 1.54) is 5.57 Å². The van der Waals surface area contributed by atoms with Gasteiger partial charge in [-0.25, -0.2) is 22.9 Å². The number of pyridine rings is 1. The van der Waals surface area contributed by atoms with E-state index in [4.69, 9.17) is 4.98 Å². The van der Waals surface area contributed by atoms with Crippen LogP contribution < -0.4 is 9.62 Å². The summed E-state index contributed by atoms with van der Waals surface area (Å²) in [7, 11) is -0.170. The molecule has 178 valence electrons. The lowest BCUT2D eigenvalue weighted by atomic mass is 10.2. The predicted molar refractivity (Wildman–Crippen MR) is 128 cm³/mol. The molecule has 0 aromatic carbocycles. The summed E-state index contributed by atoms with van der Waals surface area (Å²) in [6.45, 7) is 4.34. The fourth-order valence-corrected chi connectivity index (χ4v) is 6.14. The van der Waals surface area contributed by atoms with E-state index in [0.717, 1.165) is 49.1 Å². The Morgan fingerprint density at radius 3 is 2.52 bits per heavy atom. The number of sulfonamides is 1. The molecule has 0 spiro atoms. The summed E-state index contributed by atoms with van der Waals surface area (Å²) in [5.74, 6) is 0. The number of hydrogen-bond donors (Lipinski definition) is 1. The van der Waals surface area contributed by atoms with Gasteiger partial charge in [0.2, 0.25) is 10.0 Å². The van der Waals surface area contributed by atoms with Crippen molar-refractivity contribution in [2.45, 2.75) is 49.5 Å². The van der Waals surface area contributed by atoms with Gasteiger partial charge in [-0.3, -0.25) is 4.40 Å². The zero-order valence-corrected chi connectivity index (χ0v) is 20.4. The first-order valence-corrected chi connectivity index (χ1v) is 13.1. The number of nitrogens with zero attached hydrogens (tertiary/aromatic N) is 5. The van der Waals surface area contributed by atoms with Gasteiger partial charge in [0.25, 0.3) is 0 Å². The lowest BCUT2D eigenvalue weighted by Gasteiger charge is -2.37. The van der Waals surface area contributed by atoms with Gasteiger partial charge in [-0.05, 0) is 50.7 Å². The monoisotopic (exact) mass is 472 g/mol. The number of hydrogen-bond acceptors (Lipinski definition) is 5. The number of imidazole rings is 1. The van der Waals surface area contributed by atoms with Crippen LogP contribution >= 0.6 is 0 Å². The number of allylic oxidation sites excluding steroid dienone is 2. The molecule has 1 N–H and O–H groups in total. The van der Waals surface area contributed by atoms with Crippen LogP contribution in [0.1, 0.15) is 44.7 Å². The Balaban J connectivity index is 1.54. The van der Waals surface area contributed by atoms with E-state index in [9.17, 15) is 13.2 Å². The summed E-state index contributed by atoms with van der Waals surface area (Å²) in [4.78, 5) is 22.9. The van der Waals surface area contributed by atoms with Crippen LogP contribution in [0.2, 0.25) is 0 Å². The second-order valence-corrected chi connectivity index (χ2v) is 11.5. The molecular formula is C23H32N6O3S. The molecule has 0 radical (unpaired) electrons. The number of carbonyl (C=O) groups excluding carboxylic acids is 1. The van der Waals surface area contributed by atoms with Crippen molar-refractivity contribution < 1.29 is 13.2 Å². The Morgan fingerprint density at radius 2 is 1.91 bits per heavy atom. The first-order chi connectivity index (χ1) is 15.7. The number of fused-ring (bicyclic) bond motifs is 1. The summed E-state index contributed by atoms with van der Waals surface area (Å²) >= 11 is 0. The van der Waals surface area contributed by atoms with Crippen LogP contribution in [-0.2, 0) is 10.0 Å². The van der Waals surface area contributed by atoms with Crippen molar-refractivity contribution in [1.82, 2.24) is 23.9 Å². The molecule has 3 aliphatic rings. The van der Waals surface area contributed by atoms with Crippen LogP contribution in [0.4, 0.5) is 10.5 Å². The minimum atomic E-state index is -3.68. The highest BCUT2D eigenvalue weighted by Crippen LogP contribution is 2.37. The maximum Gasteiger partial charge on any atom is 0.319 e. The maximum absolute atomic E-state index is 13.3. The molecule has 0 atom stereocenters. The highest BCUT2D eigenvalue weighted by Gasteiger charge is 2.41. The summed E-state index contributed by atoms with van der Waals surface area (Å²) in [5.41, 5.74) is 3.37. The largest absolute Gasteiger partial charge is 0.365 e. The zero-order valence-electron chi connectivity index (χ0n) is 19.5. The van der Waals surface area contributed by atoms with Gasteiger partial charge < -0.3 is 14.7 Å². The standard InChI is InChI=1S/C23H32N6O3S/c1-23(8-9-23)25-33(31,32)18-14-19(27-10-12-28(13-11-27)22(30)26(2)3)21-24-15-20(29(21)16-18)17-6-4-5-7-17/h6,14-16,25H,4-5,7-13H2,1-3H3. The second kappa shape index (κ2) is 8.02. The highest BCUT2D eigenvalue weighted by molar-refractivity contribution is 7.89. The Morgan fingerprint density at radius 1 is 1.18 bits per heavy atom. The zero-order chi connectivity index (χ0) is 23.4. The van der Waals surface area contributed by atoms with Gasteiger partial charge in [0.05, 0.1) is 17.6 Å². The minimum absolute atomic E-state index is 0.00531. The van der Waals surface area contributed by atoms with Crippen LogP contribution in [0.25, 0.3) is 11.2 Å². The van der Waals surface area contributed by atoms with Gasteiger partial charge in [-0.15, -0.1) is 0 Å². The van der Waals surface area contributed by atoms with Crippen molar-refractivity contribution in [2.75, 3.05) is 45.2 Å². The van der Waals surface area contributed by atoms with Crippen molar-refractivity contribution in [3.63, 3.8) is 0 Å². The molecule has 0 unspecified atom stereocenters. The first kappa shape index (κ1) is 22.2. The molecular weight excluding hydrogens is 440 g/mol. The fraction of sp³-hybridized carbons (Fsp3) is 0.565. The van der Waals surface area contributed by atoms with E-state index in [1.807, 2.05) is 22.4 Å². The minimum Gasteiger partial charge on any atom is -0.365 e. The number of anilines is 1. The molecule has 10 heteroatoms. The van der Waals surface area contributed by atoms with Crippen LogP contribution in [0, 0.1) is 0 Å². The molecule has 33 heavy (non-hydrogen) atoms. The van der Waals surface area contributed by atoms with Crippen LogP contribution in [0.3, 0.4) is 0 Å². The maximum atomic E-state index is 13.3. The predicted octanol–water partition coefficient (Wildman–Crippen LogP) is 2.54. The smallest absolute Gasteiger partial charge is 0.319 e. The SMILES string of the molecule is CN(C)C(=O)N1CCN(c2cc(S(=O)(=O)NC3(C)CC3)cn3c(C4=CCCC4)cnc23)CC1. The number of amides is 2. The molecule has 5 rings (SSSR count). The van der Waals surface area contributed by atoms with Gasteiger partial charge in [0.1, 0.15) is 4.90 Å². The molecule has 9 nitrogen and oxygen atoms in total. The number of urea groups is 1. The van der Waals surface area contributed by atoms with Gasteiger partial charge in [0.15, 0.2) is 5.65 Å². The summed E-state index contributed by atoms with van der Waals surface area (Å²) < 4.78 is 31.4. The molecule has 0 bridgehead atoms. The average Bonchev–Trinajstić information content (AvgIpc) is 3.18. The average molecular weight is 473 g/mol. The molecule has 1 saturated carbocycles. The van der Waals surface area contributed by atoms with Crippen molar-refractivity contribution >= 4 is 33.0 Å². The third-order valence-corrected chi connectivity index (χ3v) is 8.50. The van der Waals surface area contributed by atoms with E-state index in [2.05, 4.69) is 15.7 Å². The third-order valence-electron chi connectivity index (χ3n) is 6.90. The lowest BCUT2D eigenvalue weighted by Crippen LogP contribution is -2.51. The number of carbonyl (C=O) groups is 1. The van der Waals surface area contributed by atoms with Gasteiger partial charge in [0, 0.05) is 52.0 Å². The van der Waals surface area contributed by atoms with Crippen molar-refractivity contribution in [1.29, 1.82) is 0 Å². The number of piperazine rings is 1. The molecule has 1 saturated heterocycles. The normalized spacial score (nSPS) is 20.3. The Bertz CT molecular complexity index is 1220. The van der Waals surface area contributed by atoms with Crippen molar-refractivity contribution in [2.24, 2.45) is 0 Å². The molecule has 2 amide bonds. The van der Waals surface area contributed by atoms with Crippen LogP contribution in [0.5, 0.6) is 0 Å². The Hall–Kier alpha value is -2.59. The van der Waals surface area contributed by atoms with E-state index in [1.54, 1.807) is 31.3 Å². The summed E-state index contributed by atoms with van der Waals surface area (Å²) in [6, 6.07) is 1.74. The number of nitrogens with one attached hydrogen (secondary N) is 1. The molecule has 2 aromatic rings.